The van der Waals surface area contributed by atoms with Crippen LogP contribution in [0.5, 0.6) is 0 Å². The molecular formula is C16H13IN2O. The van der Waals surface area contributed by atoms with Gasteiger partial charge < -0.3 is 9.82 Å². The first-order valence-electron chi connectivity index (χ1n) is 6.29. The summed E-state index contributed by atoms with van der Waals surface area (Å²) in [6.45, 7) is 0.482. The number of nitrogens with zero attached hydrogens (tertiary/aromatic N) is 1. The molecule has 2 aromatic carbocycles. The molecule has 4 heteroatoms. The maximum absolute atomic E-state index is 5.33. The standard InChI is InChI=1S/C16H13IN2O/c17-14-7-5-12(6-8-14)11-20-19-10-13-9-18-16-4-2-1-3-15(13)16/h1-10,18H,11H2/b19-10+. The van der Waals surface area contributed by atoms with Crippen molar-refractivity contribution in [2.45, 2.75) is 6.61 Å². The van der Waals surface area contributed by atoms with Gasteiger partial charge in [-0.1, -0.05) is 35.5 Å². The van der Waals surface area contributed by atoms with Crippen LogP contribution in [0.15, 0.2) is 59.9 Å². The van der Waals surface area contributed by atoms with Crippen molar-refractivity contribution in [3.05, 3.63) is 69.4 Å². The van der Waals surface area contributed by atoms with E-state index in [-0.39, 0.29) is 0 Å². The number of aromatic amines is 1. The first-order chi connectivity index (χ1) is 9.83. The van der Waals surface area contributed by atoms with E-state index in [2.05, 4.69) is 50.9 Å². The smallest absolute Gasteiger partial charge is 0.142 e. The number of hydrogen-bond acceptors (Lipinski definition) is 2. The van der Waals surface area contributed by atoms with E-state index in [4.69, 9.17) is 4.84 Å². The molecule has 100 valence electrons. The maximum atomic E-state index is 5.33. The Labute approximate surface area is 130 Å². The Morgan fingerprint density at radius 1 is 1.10 bits per heavy atom. The van der Waals surface area contributed by atoms with Gasteiger partial charge in [0, 0.05) is 26.2 Å². The van der Waals surface area contributed by atoms with Gasteiger partial charge in [0.2, 0.25) is 0 Å². The van der Waals surface area contributed by atoms with Gasteiger partial charge in [-0.3, -0.25) is 0 Å². The highest BCUT2D eigenvalue weighted by Crippen LogP contribution is 2.15. The summed E-state index contributed by atoms with van der Waals surface area (Å²) in [7, 11) is 0. The van der Waals surface area contributed by atoms with Crippen molar-refractivity contribution >= 4 is 39.7 Å². The fourth-order valence-corrected chi connectivity index (χ4v) is 2.35. The van der Waals surface area contributed by atoms with Crippen molar-refractivity contribution in [3.8, 4) is 0 Å². The van der Waals surface area contributed by atoms with Crippen LogP contribution in [0, 0.1) is 3.57 Å². The Bertz CT molecular complexity index is 732. The zero-order valence-corrected chi connectivity index (χ0v) is 12.9. The number of H-pyrrole nitrogens is 1. The first-order valence-corrected chi connectivity index (χ1v) is 7.37. The molecule has 1 heterocycles. The van der Waals surface area contributed by atoms with E-state index >= 15 is 0 Å². The van der Waals surface area contributed by atoms with Gasteiger partial charge in [0.05, 0.1) is 6.21 Å². The minimum Gasteiger partial charge on any atom is -0.391 e. The van der Waals surface area contributed by atoms with Crippen LogP contribution in [0.2, 0.25) is 0 Å². The van der Waals surface area contributed by atoms with Crippen LogP contribution >= 0.6 is 22.6 Å². The topological polar surface area (TPSA) is 37.4 Å². The molecule has 3 nitrogen and oxygen atoms in total. The van der Waals surface area contributed by atoms with Crippen LogP contribution in [-0.2, 0) is 11.4 Å². The fourth-order valence-electron chi connectivity index (χ4n) is 1.99. The van der Waals surface area contributed by atoms with E-state index in [1.165, 1.54) is 3.57 Å². The van der Waals surface area contributed by atoms with E-state index in [9.17, 15) is 0 Å². The lowest BCUT2D eigenvalue weighted by atomic mass is 10.2. The molecule has 0 atom stereocenters. The van der Waals surface area contributed by atoms with Crippen LogP contribution in [-0.4, -0.2) is 11.2 Å². The molecule has 3 rings (SSSR count). The number of aromatic nitrogens is 1. The molecule has 3 aromatic rings. The van der Waals surface area contributed by atoms with E-state index in [1.54, 1.807) is 6.21 Å². The van der Waals surface area contributed by atoms with Crippen LogP contribution < -0.4 is 0 Å². The molecule has 1 aromatic heterocycles. The molecule has 0 radical (unpaired) electrons. The Balaban J connectivity index is 1.64. The zero-order chi connectivity index (χ0) is 13.8. The summed E-state index contributed by atoms with van der Waals surface area (Å²) in [5, 5.41) is 5.18. The summed E-state index contributed by atoms with van der Waals surface area (Å²) in [4.78, 5) is 8.54. The predicted molar refractivity (Wildman–Crippen MR) is 89.8 cm³/mol. The van der Waals surface area contributed by atoms with Gasteiger partial charge in [0.1, 0.15) is 6.61 Å². The molecule has 20 heavy (non-hydrogen) atoms. The van der Waals surface area contributed by atoms with Crippen LogP contribution in [0.4, 0.5) is 0 Å². The van der Waals surface area contributed by atoms with Crippen LogP contribution in [0.3, 0.4) is 0 Å². The van der Waals surface area contributed by atoms with E-state index in [0.717, 1.165) is 22.0 Å². The van der Waals surface area contributed by atoms with Crippen molar-refractivity contribution in [2.75, 3.05) is 0 Å². The fraction of sp³-hybridized carbons (Fsp3) is 0.0625. The molecular weight excluding hydrogens is 363 g/mol. The third kappa shape index (κ3) is 3.01. The number of fused-ring (bicyclic) bond motifs is 1. The van der Waals surface area contributed by atoms with E-state index < -0.39 is 0 Å². The van der Waals surface area contributed by atoms with Gasteiger partial charge in [-0.15, -0.1) is 0 Å². The third-order valence-corrected chi connectivity index (χ3v) is 3.75. The predicted octanol–water partition coefficient (Wildman–Crippen LogP) is 4.32. The quantitative estimate of drug-likeness (QED) is 0.411. The molecule has 1 N–H and O–H groups in total. The number of oxime groups is 1. The molecule has 0 saturated heterocycles. The Morgan fingerprint density at radius 3 is 2.75 bits per heavy atom. The Hall–Kier alpha value is -1.82. The molecule has 0 spiro atoms. The zero-order valence-electron chi connectivity index (χ0n) is 10.7. The summed E-state index contributed by atoms with van der Waals surface area (Å²) in [5.74, 6) is 0. The second-order valence-corrected chi connectivity index (χ2v) is 5.67. The van der Waals surface area contributed by atoms with Crippen LogP contribution in [0.25, 0.3) is 10.9 Å². The summed E-state index contributed by atoms with van der Waals surface area (Å²) in [5.41, 5.74) is 3.25. The number of para-hydroxylation sites is 1. The molecule has 0 aliphatic carbocycles. The molecule has 0 unspecified atom stereocenters. The average molecular weight is 376 g/mol. The highest BCUT2D eigenvalue weighted by molar-refractivity contribution is 14.1. The average Bonchev–Trinajstić information content (AvgIpc) is 2.89. The third-order valence-electron chi connectivity index (χ3n) is 3.03. The largest absolute Gasteiger partial charge is 0.391 e. The lowest BCUT2D eigenvalue weighted by Crippen LogP contribution is -1.88. The van der Waals surface area contributed by atoms with Crippen molar-refractivity contribution in [1.82, 2.24) is 4.98 Å². The Kier molecular flexibility index (Phi) is 4.01. The second-order valence-electron chi connectivity index (χ2n) is 4.42. The first kappa shape index (κ1) is 13.2. The number of benzene rings is 2. The maximum Gasteiger partial charge on any atom is 0.142 e. The number of nitrogens with one attached hydrogen (secondary N) is 1. The summed E-state index contributed by atoms with van der Waals surface area (Å²) < 4.78 is 1.22. The van der Waals surface area contributed by atoms with E-state index in [0.29, 0.717) is 6.61 Å². The monoisotopic (exact) mass is 376 g/mol. The molecule has 0 bridgehead atoms. The molecule has 0 fully saturated rings. The second kappa shape index (κ2) is 6.09. The summed E-state index contributed by atoms with van der Waals surface area (Å²) >= 11 is 2.28. The van der Waals surface area contributed by atoms with Gasteiger partial charge in [-0.05, 0) is 46.4 Å². The normalized spacial score (nSPS) is 11.2. The molecule has 0 aliphatic rings. The molecule has 0 aliphatic heterocycles. The number of hydrogen-bond donors (Lipinski definition) is 1. The Morgan fingerprint density at radius 2 is 1.90 bits per heavy atom. The van der Waals surface area contributed by atoms with Gasteiger partial charge in [0.15, 0.2) is 0 Å². The summed E-state index contributed by atoms with van der Waals surface area (Å²) in [6.07, 6.45) is 3.67. The van der Waals surface area contributed by atoms with E-state index in [1.807, 2.05) is 36.5 Å². The van der Waals surface area contributed by atoms with Gasteiger partial charge >= 0.3 is 0 Å². The highest BCUT2D eigenvalue weighted by Gasteiger charge is 1.99. The minimum absolute atomic E-state index is 0.482. The lowest BCUT2D eigenvalue weighted by Gasteiger charge is -1.99. The lowest BCUT2D eigenvalue weighted by molar-refractivity contribution is 0.132. The van der Waals surface area contributed by atoms with Gasteiger partial charge in [-0.2, -0.15) is 0 Å². The SMILES string of the molecule is Ic1ccc(CO/N=C/c2c[nH]c3ccccc23)cc1. The molecule has 0 amide bonds. The van der Waals surface area contributed by atoms with Gasteiger partial charge in [0.25, 0.3) is 0 Å². The van der Waals surface area contributed by atoms with Crippen molar-refractivity contribution < 1.29 is 4.84 Å². The molecule has 0 saturated carbocycles. The van der Waals surface area contributed by atoms with Crippen molar-refractivity contribution in [1.29, 1.82) is 0 Å². The highest BCUT2D eigenvalue weighted by atomic mass is 127. The van der Waals surface area contributed by atoms with Gasteiger partial charge in [-0.25, -0.2) is 0 Å². The van der Waals surface area contributed by atoms with Crippen molar-refractivity contribution in [2.24, 2.45) is 5.16 Å². The summed E-state index contributed by atoms with van der Waals surface area (Å²) in [6, 6.07) is 16.3. The van der Waals surface area contributed by atoms with Crippen LogP contribution in [0.1, 0.15) is 11.1 Å². The minimum atomic E-state index is 0.482. The number of rotatable bonds is 4. The van der Waals surface area contributed by atoms with Crippen molar-refractivity contribution in [3.63, 3.8) is 0 Å². The number of halogens is 1.